The smallest absolute Gasteiger partial charge is 0.243 e. The van der Waals surface area contributed by atoms with Gasteiger partial charge in [-0.1, -0.05) is 12.1 Å². The summed E-state index contributed by atoms with van der Waals surface area (Å²) in [5, 5.41) is 5.28. The average molecular weight is 388 g/mol. The zero-order chi connectivity index (χ0) is 20.5. The minimum absolute atomic E-state index is 0.161. The summed E-state index contributed by atoms with van der Waals surface area (Å²) < 4.78 is 20.8. The van der Waals surface area contributed by atoms with Crippen molar-refractivity contribution < 1.29 is 28.5 Å². The molecule has 150 valence electrons. The monoisotopic (exact) mass is 388 g/mol. The summed E-state index contributed by atoms with van der Waals surface area (Å²) in [6, 6.07) is 10.4. The molecule has 0 bridgehead atoms. The molecule has 0 atom stereocenters. The van der Waals surface area contributed by atoms with Crippen LogP contribution in [-0.4, -0.2) is 46.8 Å². The molecule has 0 radical (unpaired) electrons. The normalized spacial score (nSPS) is 10.0. The Morgan fingerprint density at radius 1 is 0.821 bits per heavy atom. The van der Waals surface area contributed by atoms with Gasteiger partial charge < -0.3 is 29.6 Å². The van der Waals surface area contributed by atoms with Crippen LogP contribution in [0.5, 0.6) is 23.0 Å². The van der Waals surface area contributed by atoms with Crippen LogP contribution in [0.15, 0.2) is 36.4 Å². The lowest BCUT2D eigenvalue weighted by molar-refractivity contribution is -0.123. The first-order valence-electron chi connectivity index (χ1n) is 8.50. The van der Waals surface area contributed by atoms with E-state index in [2.05, 4.69) is 10.6 Å². The van der Waals surface area contributed by atoms with Crippen molar-refractivity contribution in [2.24, 2.45) is 0 Å². The second-order valence-electron chi connectivity index (χ2n) is 5.76. The number of benzene rings is 2. The molecule has 2 amide bonds. The van der Waals surface area contributed by atoms with Gasteiger partial charge in [0.25, 0.3) is 0 Å². The van der Waals surface area contributed by atoms with Crippen molar-refractivity contribution in [3.8, 4) is 23.0 Å². The molecule has 28 heavy (non-hydrogen) atoms. The molecule has 0 aromatic heterocycles. The Balaban J connectivity index is 1.91. The van der Waals surface area contributed by atoms with Gasteiger partial charge in [0.05, 0.1) is 41.4 Å². The topological polar surface area (TPSA) is 95.1 Å². The summed E-state index contributed by atoms with van der Waals surface area (Å²) >= 11 is 0. The van der Waals surface area contributed by atoms with E-state index in [0.717, 1.165) is 5.56 Å². The van der Waals surface area contributed by atoms with Crippen molar-refractivity contribution in [3.63, 3.8) is 0 Å². The number of carbonyl (C=O) groups excluding carboxylic acids is 2. The number of ether oxygens (including phenoxy) is 4. The van der Waals surface area contributed by atoms with E-state index in [1.165, 1.54) is 21.3 Å². The van der Waals surface area contributed by atoms with E-state index in [1.807, 2.05) is 0 Å². The maximum absolute atomic E-state index is 12.2. The summed E-state index contributed by atoms with van der Waals surface area (Å²) in [4.78, 5) is 24.2. The van der Waals surface area contributed by atoms with Gasteiger partial charge >= 0.3 is 0 Å². The molecule has 2 aromatic carbocycles. The number of methoxy groups -OCH3 is 4. The van der Waals surface area contributed by atoms with Crippen LogP contribution in [0.3, 0.4) is 0 Å². The number of hydrogen-bond acceptors (Lipinski definition) is 6. The fourth-order valence-electron chi connectivity index (χ4n) is 2.53. The first kappa shape index (κ1) is 20.9. The molecule has 0 saturated heterocycles. The summed E-state index contributed by atoms with van der Waals surface area (Å²) in [7, 11) is 6.05. The Hall–Kier alpha value is -3.42. The lowest BCUT2D eigenvalue weighted by atomic mass is 10.1. The first-order chi connectivity index (χ1) is 13.5. The summed E-state index contributed by atoms with van der Waals surface area (Å²) in [5.41, 5.74) is 1.28. The van der Waals surface area contributed by atoms with Crippen LogP contribution < -0.4 is 29.6 Å². The first-order valence-corrected chi connectivity index (χ1v) is 8.50. The van der Waals surface area contributed by atoms with Crippen molar-refractivity contribution in [1.29, 1.82) is 0 Å². The molecule has 2 N–H and O–H groups in total. The molecule has 0 saturated carbocycles. The van der Waals surface area contributed by atoms with Crippen LogP contribution in [0.1, 0.15) is 5.56 Å². The highest BCUT2D eigenvalue weighted by Gasteiger charge is 2.15. The molecule has 0 spiro atoms. The fraction of sp³-hybridized carbons (Fsp3) is 0.300. The molecular formula is C20H24N2O6. The second-order valence-corrected chi connectivity index (χ2v) is 5.76. The van der Waals surface area contributed by atoms with Crippen molar-refractivity contribution in [3.05, 3.63) is 42.0 Å². The lowest BCUT2D eigenvalue weighted by Crippen LogP contribution is -2.33. The molecule has 2 aromatic rings. The third-order valence-electron chi connectivity index (χ3n) is 3.92. The van der Waals surface area contributed by atoms with Crippen molar-refractivity contribution >= 4 is 17.5 Å². The Bertz CT molecular complexity index is 795. The molecular weight excluding hydrogens is 364 g/mol. The van der Waals surface area contributed by atoms with Crippen LogP contribution in [0.25, 0.3) is 0 Å². The molecule has 0 aliphatic heterocycles. The third kappa shape index (κ3) is 5.54. The van der Waals surface area contributed by atoms with Crippen LogP contribution in [0.4, 0.5) is 5.69 Å². The molecule has 0 heterocycles. The molecule has 2 rings (SSSR count). The molecule has 0 aliphatic carbocycles. The highest BCUT2D eigenvalue weighted by atomic mass is 16.5. The summed E-state index contributed by atoms with van der Waals surface area (Å²) in [6.45, 7) is -0.161. The fourth-order valence-corrected chi connectivity index (χ4v) is 2.53. The third-order valence-corrected chi connectivity index (χ3v) is 3.92. The lowest BCUT2D eigenvalue weighted by Gasteiger charge is -2.14. The van der Waals surface area contributed by atoms with E-state index in [1.54, 1.807) is 43.5 Å². The summed E-state index contributed by atoms with van der Waals surface area (Å²) in [5.74, 6) is 1.34. The van der Waals surface area contributed by atoms with Crippen molar-refractivity contribution in [2.75, 3.05) is 40.3 Å². The Kier molecular flexibility index (Phi) is 7.50. The number of amides is 2. The average Bonchev–Trinajstić information content (AvgIpc) is 2.72. The minimum Gasteiger partial charge on any atom is -0.497 e. The van der Waals surface area contributed by atoms with Crippen molar-refractivity contribution in [2.45, 2.75) is 6.42 Å². The van der Waals surface area contributed by atoms with E-state index in [4.69, 9.17) is 18.9 Å². The van der Waals surface area contributed by atoms with Crippen LogP contribution in [0, 0.1) is 0 Å². The largest absolute Gasteiger partial charge is 0.497 e. The van der Waals surface area contributed by atoms with Gasteiger partial charge in [-0.15, -0.1) is 0 Å². The molecule has 0 unspecified atom stereocenters. The number of anilines is 1. The zero-order valence-corrected chi connectivity index (χ0v) is 16.3. The molecule has 0 aliphatic rings. The van der Waals surface area contributed by atoms with Gasteiger partial charge in [-0.05, 0) is 17.7 Å². The molecule has 0 fully saturated rings. The zero-order valence-electron chi connectivity index (χ0n) is 16.3. The molecule has 8 heteroatoms. The highest BCUT2D eigenvalue weighted by molar-refractivity contribution is 5.95. The van der Waals surface area contributed by atoms with Crippen LogP contribution in [0.2, 0.25) is 0 Å². The quantitative estimate of drug-likeness (QED) is 0.682. The summed E-state index contributed by atoms with van der Waals surface area (Å²) in [6.07, 6.45) is 0.168. The van der Waals surface area contributed by atoms with E-state index in [0.29, 0.717) is 28.7 Å². The van der Waals surface area contributed by atoms with E-state index in [-0.39, 0.29) is 24.8 Å². The Labute approximate surface area is 163 Å². The predicted octanol–water partition coefficient (Wildman–Crippen LogP) is 2.02. The Morgan fingerprint density at radius 3 is 1.93 bits per heavy atom. The second kappa shape index (κ2) is 10.1. The maximum Gasteiger partial charge on any atom is 0.243 e. The standard InChI is InChI=1S/C20H24N2O6/c1-25-15-7-5-13(6-8-15)9-18(23)21-12-19(24)22-14-10-16(26-2)20(28-4)17(11-14)27-3/h5-8,10-11H,9,12H2,1-4H3,(H,21,23)(H,22,24). The number of hydrogen-bond donors (Lipinski definition) is 2. The van der Waals surface area contributed by atoms with Gasteiger partial charge in [-0.2, -0.15) is 0 Å². The number of carbonyl (C=O) groups is 2. The van der Waals surface area contributed by atoms with Crippen LogP contribution in [-0.2, 0) is 16.0 Å². The van der Waals surface area contributed by atoms with Gasteiger partial charge in [0, 0.05) is 17.8 Å². The van der Waals surface area contributed by atoms with E-state index < -0.39 is 0 Å². The van der Waals surface area contributed by atoms with Crippen molar-refractivity contribution in [1.82, 2.24) is 5.32 Å². The van der Waals surface area contributed by atoms with Gasteiger partial charge in [-0.25, -0.2) is 0 Å². The van der Waals surface area contributed by atoms with Gasteiger partial charge in [0.1, 0.15) is 5.75 Å². The predicted molar refractivity (Wildman–Crippen MR) is 104 cm³/mol. The van der Waals surface area contributed by atoms with Gasteiger partial charge in [0.2, 0.25) is 17.6 Å². The SMILES string of the molecule is COc1ccc(CC(=O)NCC(=O)Nc2cc(OC)c(OC)c(OC)c2)cc1. The number of nitrogens with one attached hydrogen (secondary N) is 2. The maximum atomic E-state index is 12.2. The van der Waals surface area contributed by atoms with E-state index >= 15 is 0 Å². The molecule has 8 nitrogen and oxygen atoms in total. The Morgan fingerprint density at radius 2 is 1.43 bits per heavy atom. The van der Waals surface area contributed by atoms with E-state index in [9.17, 15) is 9.59 Å². The van der Waals surface area contributed by atoms with Crippen LogP contribution >= 0.6 is 0 Å². The minimum atomic E-state index is -0.377. The van der Waals surface area contributed by atoms with Gasteiger partial charge in [-0.3, -0.25) is 9.59 Å². The van der Waals surface area contributed by atoms with Gasteiger partial charge in [0.15, 0.2) is 11.5 Å². The highest BCUT2D eigenvalue weighted by Crippen LogP contribution is 2.39. The number of rotatable bonds is 9.